The van der Waals surface area contributed by atoms with Gasteiger partial charge in [-0.05, 0) is 56.4 Å². The molecule has 0 amide bonds. The Kier molecular flexibility index (Phi) is 3.28. The van der Waals surface area contributed by atoms with Crippen molar-refractivity contribution in [2.24, 2.45) is 0 Å². The summed E-state index contributed by atoms with van der Waals surface area (Å²) >= 11 is 0. The number of rotatable bonds is 3. The molecule has 1 aliphatic rings. The predicted octanol–water partition coefficient (Wildman–Crippen LogP) is 3.72. The van der Waals surface area contributed by atoms with Gasteiger partial charge < -0.3 is 10.1 Å². The topological polar surface area (TPSA) is 34.1 Å². The van der Waals surface area contributed by atoms with E-state index in [1.54, 1.807) is 7.11 Å². The molecule has 1 radical (unpaired) electrons. The predicted molar refractivity (Wildman–Crippen MR) is 78.6 cm³/mol. The van der Waals surface area contributed by atoms with E-state index in [-0.39, 0.29) is 0 Å². The molecule has 0 bridgehead atoms. The lowest BCUT2D eigenvalue weighted by molar-refractivity contribution is 0.415. The van der Waals surface area contributed by atoms with Crippen molar-refractivity contribution >= 4 is 16.7 Å². The van der Waals surface area contributed by atoms with Gasteiger partial charge in [-0.2, -0.15) is 0 Å². The molecule has 3 rings (SSSR count). The van der Waals surface area contributed by atoms with E-state index in [1.807, 2.05) is 12.1 Å². The van der Waals surface area contributed by atoms with Gasteiger partial charge in [0, 0.05) is 17.5 Å². The lowest BCUT2D eigenvalue weighted by Gasteiger charge is -2.14. The molecule has 99 valence electrons. The van der Waals surface area contributed by atoms with E-state index in [0.29, 0.717) is 6.04 Å². The quantitative estimate of drug-likeness (QED) is 0.907. The van der Waals surface area contributed by atoms with Gasteiger partial charge >= 0.3 is 0 Å². The molecule has 0 aliphatic heterocycles. The Bertz CT molecular complexity index is 589. The minimum atomic E-state index is 0.537. The number of hydrogen-bond donors (Lipinski definition) is 1. The van der Waals surface area contributed by atoms with Gasteiger partial charge in [0.1, 0.15) is 11.6 Å². The number of aromatic nitrogens is 1. The largest absolute Gasteiger partial charge is 0.497 e. The van der Waals surface area contributed by atoms with Crippen LogP contribution < -0.4 is 10.1 Å². The van der Waals surface area contributed by atoms with Gasteiger partial charge in [0.15, 0.2) is 0 Å². The van der Waals surface area contributed by atoms with Crippen molar-refractivity contribution in [1.29, 1.82) is 0 Å². The van der Waals surface area contributed by atoms with Crippen molar-refractivity contribution in [3.05, 3.63) is 36.2 Å². The average molecular weight is 255 g/mol. The molecule has 19 heavy (non-hydrogen) atoms. The fraction of sp³-hybridized carbons (Fsp3) is 0.375. The fourth-order valence-corrected chi connectivity index (χ4v) is 2.68. The maximum absolute atomic E-state index is 5.27. The fourth-order valence-electron chi connectivity index (χ4n) is 2.68. The second-order valence-corrected chi connectivity index (χ2v) is 5.15. The molecular weight excluding hydrogens is 236 g/mol. The SMILES string of the molecule is COc1ccc2c(C)cc(NC3C[CH]CC3)nc2c1. The van der Waals surface area contributed by atoms with E-state index in [1.165, 1.54) is 23.8 Å². The molecule has 1 atom stereocenters. The zero-order valence-corrected chi connectivity index (χ0v) is 11.4. The molecular formula is C16H19N2O. The first-order chi connectivity index (χ1) is 9.26. The number of benzene rings is 1. The van der Waals surface area contributed by atoms with E-state index in [9.17, 15) is 0 Å². The molecule has 1 aliphatic carbocycles. The highest BCUT2D eigenvalue weighted by molar-refractivity contribution is 5.85. The first-order valence-corrected chi connectivity index (χ1v) is 6.80. The molecule has 1 heterocycles. The highest BCUT2D eigenvalue weighted by Crippen LogP contribution is 2.26. The number of anilines is 1. The molecule has 1 unspecified atom stereocenters. The van der Waals surface area contributed by atoms with E-state index < -0.39 is 0 Å². The monoisotopic (exact) mass is 255 g/mol. The van der Waals surface area contributed by atoms with Crippen molar-refractivity contribution < 1.29 is 4.74 Å². The Labute approximate surface area is 114 Å². The Balaban J connectivity index is 1.96. The number of methoxy groups -OCH3 is 1. The first-order valence-electron chi connectivity index (χ1n) is 6.80. The van der Waals surface area contributed by atoms with Crippen molar-refractivity contribution in [3.8, 4) is 5.75 Å². The van der Waals surface area contributed by atoms with Crippen LogP contribution in [0.1, 0.15) is 24.8 Å². The van der Waals surface area contributed by atoms with Crippen molar-refractivity contribution in [2.45, 2.75) is 32.2 Å². The van der Waals surface area contributed by atoms with Crippen LogP contribution in [0.5, 0.6) is 5.75 Å². The molecule has 3 heteroatoms. The van der Waals surface area contributed by atoms with Gasteiger partial charge in [0.05, 0.1) is 12.6 Å². The van der Waals surface area contributed by atoms with Crippen LogP contribution >= 0.6 is 0 Å². The van der Waals surface area contributed by atoms with Crippen molar-refractivity contribution in [3.63, 3.8) is 0 Å². The summed E-state index contributed by atoms with van der Waals surface area (Å²) in [5, 5.41) is 4.71. The van der Waals surface area contributed by atoms with Crippen LogP contribution in [0.4, 0.5) is 5.82 Å². The lowest BCUT2D eigenvalue weighted by Crippen LogP contribution is -2.15. The zero-order valence-electron chi connectivity index (χ0n) is 11.4. The third kappa shape index (κ3) is 2.50. The van der Waals surface area contributed by atoms with Crippen LogP contribution in [0.15, 0.2) is 24.3 Å². The molecule has 0 spiro atoms. The minimum Gasteiger partial charge on any atom is -0.497 e. The van der Waals surface area contributed by atoms with Gasteiger partial charge in [-0.3, -0.25) is 0 Å². The van der Waals surface area contributed by atoms with Gasteiger partial charge in [0.2, 0.25) is 0 Å². The second-order valence-electron chi connectivity index (χ2n) is 5.15. The number of fused-ring (bicyclic) bond motifs is 1. The Morgan fingerprint density at radius 3 is 2.95 bits per heavy atom. The number of nitrogens with one attached hydrogen (secondary N) is 1. The van der Waals surface area contributed by atoms with Crippen LogP contribution in [-0.2, 0) is 0 Å². The maximum Gasteiger partial charge on any atom is 0.127 e. The van der Waals surface area contributed by atoms with Gasteiger partial charge in [-0.15, -0.1) is 0 Å². The van der Waals surface area contributed by atoms with Gasteiger partial charge in [-0.25, -0.2) is 4.98 Å². The van der Waals surface area contributed by atoms with E-state index in [4.69, 9.17) is 9.72 Å². The molecule has 1 N–H and O–H groups in total. The van der Waals surface area contributed by atoms with Crippen LogP contribution in [0.3, 0.4) is 0 Å². The second kappa shape index (κ2) is 5.08. The summed E-state index contributed by atoms with van der Waals surface area (Å²) in [5.74, 6) is 1.82. The summed E-state index contributed by atoms with van der Waals surface area (Å²) in [7, 11) is 1.69. The highest BCUT2D eigenvalue weighted by Gasteiger charge is 2.15. The summed E-state index contributed by atoms with van der Waals surface area (Å²) < 4.78 is 5.27. The van der Waals surface area contributed by atoms with Gasteiger partial charge in [0.25, 0.3) is 0 Å². The smallest absolute Gasteiger partial charge is 0.127 e. The van der Waals surface area contributed by atoms with E-state index >= 15 is 0 Å². The summed E-state index contributed by atoms with van der Waals surface area (Å²) in [6, 6.07) is 8.72. The average Bonchev–Trinajstić information content (AvgIpc) is 2.91. The molecule has 1 saturated carbocycles. The molecule has 1 fully saturated rings. The summed E-state index contributed by atoms with van der Waals surface area (Å²) in [5.41, 5.74) is 2.24. The lowest BCUT2D eigenvalue weighted by atomic mass is 10.1. The maximum atomic E-state index is 5.27. The summed E-state index contributed by atoms with van der Waals surface area (Å²) in [6.07, 6.45) is 5.89. The third-order valence-corrected chi connectivity index (χ3v) is 3.75. The number of hydrogen-bond acceptors (Lipinski definition) is 3. The van der Waals surface area contributed by atoms with Crippen LogP contribution in [0.25, 0.3) is 10.9 Å². The molecule has 3 nitrogen and oxygen atoms in total. The molecule has 0 saturated heterocycles. The molecule has 1 aromatic carbocycles. The molecule has 2 aromatic rings. The minimum absolute atomic E-state index is 0.537. The number of ether oxygens (including phenoxy) is 1. The van der Waals surface area contributed by atoms with Gasteiger partial charge in [-0.1, -0.05) is 0 Å². The molecule has 1 aromatic heterocycles. The first kappa shape index (κ1) is 12.3. The summed E-state index contributed by atoms with van der Waals surface area (Å²) in [4.78, 5) is 4.70. The van der Waals surface area contributed by atoms with Crippen LogP contribution in [0.2, 0.25) is 0 Å². The normalized spacial score (nSPS) is 15.9. The number of pyridine rings is 1. The number of nitrogens with zero attached hydrogens (tertiary/aromatic N) is 1. The van der Waals surface area contributed by atoms with Crippen LogP contribution in [-0.4, -0.2) is 18.1 Å². The third-order valence-electron chi connectivity index (χ3n) is 3.75. The number of aryl methyl sites for hydroxylation is 1. The highest BCUT2D eigenvalue weighted by atomic mass is 16.5. The Hall–Kier alpha value is -1.77. The Morgan fingerprint density at radius 2 is 2.21 bits per heavy atom. The van der Waals surface area contributed by atoms with Crippen molar-refractivity contribution in [2.75, 3.05) is 12.4 Å². The van der Waals surface area contributed by atoms with Crippen LogP contribution in [0, 0.1) is 13.3 Å². The van der Waals surface area contributed by atoms with E-state index in [2.05, 4.69) is 30.8 Å². The Morgan fingerprint density at radius 1 is 1.32 bits per heavy atom. The summed E-state index contributed by atoms with van der Waals surface area (Å²) in [6.45, 7) is 2.13. The zero-order chi connectivity index (χ0) is 13.2. The van der Waals surface area contributed by atoms with Crippen molar-refractivity contribution in [1.82, 2.24) is 4.98 Å². The standard InChI is InChI=1S/C16H19N2O/c1-11-9-16(17-12-5-3-4-6-12)18-15-10-13(19-2)7-8-14(11)15/h3,7-10,12H,4-6H2,1-2H3,(H,17,18). The van der Waals surface area contributed by atoms with E-state index in [0.717, 1.165) is 23.5 Å².